The molecule has 3 aromatic carbocycles. The molecule has 0 spiro atoms. The molecule has 1 aliphatic rings. The zero-order valence-electron chi connectivity index (χ0n) is 19.8. The molecule has 2 amide bonds. The van der Waals surface area contributed by atoms with E-state index in [4.69, 9.17) is 0 Å². The monoisotopic (exact) mass is 456 g/mol. The summed E-state index contributed by atoms with van der Waals surface area (Å²) in [6.07, 6.45) is 0. The summed E-state index contributed by atoms with van der Waals surface area (Å²) in [5, 5.41) is 5.93. The number of rotatable bonds is 7. The molecule has 4 rings (SSSR count). The fraction of sp³-hybridized carbons (Fsp3) is 0.286. The average Bonchev–Trinajstić information content (AvgIpc) is 2.89. The minimum absolute atomic E-state index is 0.000112. The predicted octanol–water partition coefficient (Wildman–Crippen LogP) is 3.24. The molecule has 1 atom stereocenters. The number of hydrogen-bond donors (Lipinski definition) is 2. The Kier molecular flexibility index (Phi) is 7.72. The van der Waals surface area contributed by atoms with Crippen LogP contribution in [0.15, 0.2) is 84.9 Å². The van der Waals surface area contributed by atoms with E-state index in [1.165, 1.54) is 0 Å². The third-order valence-corrected chi connectivity index (χ3v) is 6.43. The molecule has 6 heteroatoms. The summed E-state index contributed by atoms with van der Waals surface area (Å²) in [7, 11) is 3.73. The number of hydrogen-bond acceptors (Lipinski definition) is 4. The van der Waals surface area contributed by atoms with Crippen LogP contribution in [0.1, 0.15) is 39.1 Å². The lowest BCUT2D eigenvalue weighted by Gasteiger charge is -2.39. The molecule has 0 aromatic heterocycles. The fourth-order valence-electron chi connectivity index (χ4n) is 4.53. The molecule has 0 unspecified atom stereocenters. The van der Waals surface area contributed by atoms with Crippen LogP contribution in [0.2, 0.25) is 0 Å². The number of amides is 2. The minimum Gasteiger partial charge on any atom is -0.355 e. The van der Waals surface area contributed by atoms with Crippen LogP contribution in [-0.4, -0.2) is 61.9 Å². The van der Waals surface area contributed by atoms with Gasteiger partial charge < -0.3 is 10.6 Å². The van der Waals surface area contributed by atoms with Gasteiger partial charge in [-0.25, -0.2) is 0 Å². The second-order valence-electron chi connectivity index (χ2n) is 8.76. The maximum absolute atomic E-state index is 13.2. The van der Waals surface area contributed by atoms with E-state index in [2.05, 4.69) is 33.5 Å². The van der Waals surface area contributed by atoms with E-state index < -0.39 is 0 Å². The Morgan fingerprint density at radius 3 is 2.18 bits per heavy atom. The Balaban J connectivity index is 1.46. The number of piperazine rings is 1. The minimum atomic E-state index is -0.192. The van der Waals surface area contributed by atoms with E-state index in [1.807, 2.05) is 78.9 Å². The molecule has 0 radical (unpaired) electrons. The van der Waals surface area contributed by atoms with Crippen molar-refractivity contribution in [1.82, 2.24) is 20.4 Å². The second kappa shape index (κ2) is 11.1. The van der Waals surface area contributed by atoms with E-state index >= 15 is 0 Å². The van der Waals surface area contributed by atoms with Crippen LogP contribution in [0.4, 0.5) is 0 Å². The van der Waals surface area contributed by atoms with Crippen LogP contribution >= 0.6 is 0 Å². The molecular formula is C28H32N4O2. The number of carbonyl (C=O) groups is 2. The van der Waals surface area contributed by atoms with Gasteiger partial charge in [-0.15, -0.1) is 0 Å². The molecule has 0 aliphatic carbocycles. The highest BCUT2D eigenvalue weighted by molar-refractivity contribution is 5.94. The highest BCUT2D eigenvalue weighted by Crippen LogP contribution is 2.25. The summed E-state index contributed by atoms with van der Waals surface area (Å²) < 4.78 is 0. The maximum atomic E-state index is 13.2. The molecule has 2 N–H and O–H groups in total. The first-order valence-electron chi connectivity index (χ1n) is 11.7. The molecule has 176 valence electrons. The van der Waals surface area contributed by atoms with Crippen molar-refractivity contribution in [3.63, 3.8) is 0 Å². The number of carbonyl (C=O) groups excluding carboxylic acids is 2. The molecular weight excluding hydrogens is 424 g/mol. The summed E-state index contributed by atoms with van der Waals surface area (Å²) in [4.78, 5) is 29.7. The molecule has 1 aliphatic heterocycles. The van der Waals surface area contributed by atoms with Crippen LogP contribution in [0.25, 0.3) is 0 Å². The predicted molar refractivity (Wildman–Crippen MR) is 135 cm³/mol. The van der Waals surface area contributed by atoms with Gasteiger partial charge in [0.05, 0.1) is 12.6 Å². The van der Waals surface area contributed by atoms with Gasteiger partial charge in [0.15, 0.2) is 0 Å². The van der Waals surface area contributed by atoms with Crippen molar-refractivity contribution >= 4 is 11.8 Å². The van der Waals surface area contributed by atoms with E-state index in [9.17, 15) is 9.59 Å². The first kappa shape index (κ1) is 23.7. The zero-order valence-corrected chi connectivity index (χ0v) is 19.8. The highest BCUT2D eigenvalue weighted by Gasteiger charge is 2.28. The lowest BCUT2D eigenvalue weighted by molar-refractivity contribution is -0.123. The van der Waals surface area contributed by atoms with Crippen LogP contribution in [0.5, 0.6) is 0 Å². The summed E-state index contributed by atoms with van der Waals surface area (Å²) in [5.74, 6) is -0.0930. The van der Waals surface area contributed by atoms with Gasteiger partial charge in [0.1, 0.15) is 0 Å². The van der Waals surface area contributed by atoms with Gasteiger partial charge in [-0.1, -0.05) is 72.8 Å². The van der Waals surface area contributed by atoms with Crippen molar-refractivity contribution in [2.45, 2.75) is 12.1 Å². The van der Waals surface area contributed by atoms with E-state index in [1.54, 1.807) is 7.05 Å². The number of likely N-dealkylation sites (N-methyl/N-ethyl adjacent to an activating group) is 1. The van der Waals surface area contributed by atoms with E-state index in [0.29, 0.717) is 12.1 Å². The quantitative estimate of drug-likeness (QED) is 0.573. The van der Waals surface area contributed by atoms with E-state index in [0.717, 1.165) is 36.3 Å². The van der Waals surface area contributed by atoms with Crippen molar-refractivity contribution in [2.75, 3.05) is 40.3 Å². The molecule has 3 aromatic rings. The number of benzene rings is 3. The summed E-state index contributed by atoms with van der Waals surface area (Å²) in [6.45, 7) is 2.72. The number of nitrogens with zero attached hydrogens (tertiary/aromatic N) is 2. The van der Waals surface area contributed by atoms with Gasteiger partial charge in [-0.2, -0.15) is 0 Å². The third-order valence-electron chi connectivity index (χ3n) is 6.43. The zero-order chi connectivity index (χ0) is 23.9. The van der Waals surface area contributed by atoms with Crippen molar-refractivity contribution in [3.05, 3.63) is 107 Å². The molecule has 6 nitrogen and oxygen atoms in total. The first-order valence-corrected chi connectivity index (χ1v) is 11.7. The van der Waals surface area contributed by atoms with E-state index in [-0.39, 0.29) is 23.9 Å². The SMILES string of the molecule is CNC(=O)c1cccc([C@H]2CN(CC(=O)NC(c3ccccc3)c3ccccc3)CCN2C)c1. The Morgan fingerprint density at radius 1 is 0.912 bits per heavy atom. The molecule has 0 saturated carbocycles. The largest absolute Gasteiger partial charge is 0.355 e. The lowest BCUT2D eigenvalue weighted by Crippen LogP contribution is -2.50. The van der Waals surface area contributed by atoms with Gasteiger partial charge in [0, 0.05) is 38.3 Å². The summed E-state index contributed by atoms with van der Waals surface area (Å²) in [6, 6.07) is 27.8. The van der Waals surface area contributed by atoms with Crippen molar-refractivity contribution in [2.24, 2.45) is 0 Å². The van der Waals surface area contributed by atoms with Crippen molar-refractivity contribution in [1.29, 1.82) is 0 Å². The van der Waals surface area contributed by atoms with Crippen molar-refractivity contribution < 1.29 is 9.59 Å². The number of nitrogens with one attached hydrogen (secondary N) is 2. The van der Waals surface area contributed by atoms with Gasteiger partial charge in [-0.3, -0.25) is 19.4 Å². The smallest absolute Gasteiger partial charge is 0.251 e. The first-order chi connectivity index (χ1) is 16.5. The van der Waals surface area contributed by atoms with Gasteiger partial charge in [-0.05, 0) is 35.9 Å². The van der Waals surface area contributed by atoms with Gasteiger partial charge >= 0.3 is 0 Å². The Labute approximate surface area is 201 Å². The Bertz CT molecular complexity index is 1060. The standard InChI is InChI=1S/C28H32N4O2/c1-29-28(34)24-15-9-14-23(18-24)25-19-32(17-16-31(25)2)20-26(33)30-27(21-10-5-3-6-11-21)22-12-7-4-8-13-22/h3-15,18,25,27H,16-17,19-20H2,1-2H3,(H,29,34)(H,30,33)/t25-/m1/s1. The molecule has 34 heavy (non-hydrogen) atoms. The fourth-order valence-corrected chi connectivity index (χ4v) is 4.53. The Morgan fingerprint density at radius 2 is 1.56 bits per heavy atom. The Hall–Kier alpha value is -3.48. The highest BCUT2D eigenvalue weighted by atomic mass is 16.2. The summed E-state index contributed by atoms with van der Waals surface area (Å²) in [5.41, 5.74) is 3.85. The van der Waals surface area contributed by atoms with Crippen LogP contribution < -0.4 is 10.6 Å². The van der Waals surface area contributed by atoms with Gasteiger partial charge in [0.25, 0.3) is 5.91 Å². The lowest BCUT2D eigenvalue weighted by atomic mass is 9.98. The second-order valence-corrected chi connectivity index (χ2v) is 8.76. The summed E-state index contributed by atoms with van der Waals surface area (Å²) >= 11 is 0. The third kappa shape index (κ3) is 5.71. The molecule has 1 saturated heterocycles. The van der Waals surface area contributed by atoms with Crippen molar-refractivity contribution in [3.8, 4) is 0 Å². The van der Waals surface area contributed by atoms with Crippen LogP contribution in [-0.2, 0) is 4.79 Å². The molecule has 1 heterocycles. The topological polar surface area (TPSA) is 64.7 Å². The molecule has 0 bridgehead atoms. The van der Waals surface area contributed by atoms with Crippen LogP contribution in [0, 0.1) is 0 Å². The average molecular weight is 457 g/mol. The van der Waals surface area contributed by atoms with Crippen LogP contribution in [0.3, 0.4) is 0 Å². The molecule has 1 fully saturated rings. The van der Waals surface area contributed by atoms with Gasteiger partial charge in [0.2, 0.25) is 5.91 Å². The normalized spacial score (nSPS) is 16.9. The maximum Gasteiger partial charge on any atom is 0.251 e.